The van der Waals surface area contributed by atoms with Crippen LogP contribution in [0, 0.1) is 0 Å². The maximum atomic E-state index is 8.52. The standard InChI is InChI=1S/ClH.Mg.Mn.H2O4S/c;;;1-5(2,3)4/h1H;;;(H2,1,2,3,4)/q;2*+2;/p-3. The first-order chi connectivity index (χ1) is 2.00. The van der Waals surface area contributed by atoms with E-state index < -0.39 is 10.4 Å². The summed E-state index contributed by atoms with van der Waals surface area (Å²) in [7, 11) is -5.17. The van der Waals surface area contributed by atoms with Gasteiger partial charge in [-0.3, -0.25) is 8.42 Å². The second-order valence-electron chi connectivity index (χ2n) is 0.408. The number of hydrogen-bond donors (Lipinski definition) is 0. The molecule has 0 fully saturated rings. The molecule has 0 aliphatic heterocycles. The predicted molar refractivity (Wildman–Crippen MR) is 16.2 cm³/mol. The van der Waals surface area contributed by atoms with E-state index in [1.54, 1.807) is 0 Å². The molecule has 0 aromatic heterocycles. The molecule has 0 aromatic rings. The number of rotatable bonds is 0. The van der Waals surface area contributed by atoms with Gasteiger partial charge in [0, 0.05) is 10.4 Å². The van der Waals surface area contributed by atoms with Crippen molar-refractivity contribution >= 4 is 33.5 Å². The van der Waals surface area contributed by atoms with Gasteiger partial charge in [-0.05, 0) is 0 Å². The van der Waals surface area contributed by atoms with Gasteiger partial charge >= 0.3 is 40.1 Å². The van der Waals surface area contributed by atoms with Crippen LogP contribution in [-0.2, 0) is 27.5 Å². The van der Waals surface area contributed by atoms with Crippen LogP contribution in [0.3, 0.4) is 0 Å². The van der Waals surface area contributed by atoms with Crippen LogP contribution < -0.4 is 12.4 Å². The van der Waals surface area contributed by atoms with Crippen LogP contribution in [0.1, 0.15) is 0 Å². The topological polar surface area (TPSA) is 80.3 Å². The third kappa shape index (κ3) is 148. The summed E-state index contributed by atoms with van der Waals surface area (Å²) in [4.78, 5) is 0. The Hall–Kier alpha value is 1.45. The first kappa shape index (κ1) is 22.7. The Morgan fingerprint density at radius 2 is 1.12 bits per heavy atom. The van der Waals surface area contributed by atoms with Crippen LogP contribution in [0.5, 0.6) is 0 Å². The molecule has 0 heterocycles. The average Bonchev–Trinajstić information content (AvgIpc) is 0.722. The Morgan fingerprint density at radius 1 is 1.12 bits per heavy atom. The molecule has 0 saturated carbocycles. The summed E-state index contributed by atoms with van der Waals surface area (Å²) < 4.78 is 34.1. The normalized spacial score (nSPS) is 7.25. The predicted octanol–water partition coefficient (Wildman–Crippen LogP) is -4.72. The minimum atomic E-state index is -5.17. The Labute approximate surface area is 80.0 Å². The van der Waals surface area contributed by atoms with Crippen LogP contribution in [0.25, 0.3) is 0 Å². The molecule has 8 heteroatoms. The van der Waals surface area contributed by atoms with Crippen LogP contribution in [-0.4, -0.2) is 40.6 Å². The van der Waals surface area contributed by atoms with Gasteiger partial charge in [-0.25, -0.2) is 0 Å². The maximum absolute atomic E-state index is 8.52. The molecule has 45 valence electrons. The van der Waals surface area contributed by atoms with E-state index in [1.165, 1.54) is 0 Å². The van der Waals surface area contributed by atoms with Gasteiger partial charge in [0.05, 0.1) is 0 Å². The zero-order valence-corrected chi connectivity index (χ0v) is 7.67. The van der Waals surface area contributed by atoms with E-state index >= 15 is 0 Å². The van der Waals surface area contributed by atoms with E-state index in [4.69, 9.17) is 17.5 Å². The molecule has 0 rings (SSSR count). The summed E-state index contributed by atoms with van der Waals surface area (Å²) in [6.07, 6.45) is 0. The molecule has 0 saturated heterocycles. The molecular weight excluding hydrogens is 211 g/mol. The quantitative estimate of drug-likeness (QED) is 0.229. The second-order valence-corrected chi connectivity index (χ2v) is 1.22. The summed E-state index contributed by atoms with van der Waals surface area (Å²) in [5.74, 6) is 0. The Kier molecular flexibility index (Phi) is 24.0. The number of halogens is 1. The van der Waals surface area contributed by atoms with Gasteiger partial charge in [-0.1, -0.05) is 0 Å². The fourth-order valence-corrected chi connectivity index (χ4v) is 0. The monoisotopic (exact) mass is 210 g/mol. The van der Waals surface area contributed by atoms with Crippen LogP contribution in [0.15, 0.2) is 0 Å². The first-order valence-corrected chi connectivity index (χ1v) is 2.00. The van der Waals surface area contributed by atoms with Crippen LogP contribution in [0.4, 0.5) is 0 Å². The smallest absolute Gasteiger partial charge is 1.00 e. The summed E-state index contributed by atoms with van der Waals surface area (Å²) in [6.45, 7) is 0. The largest absolute Gasteiger partial charge is 2.00 e. The zero-order chi connectivity index (χ0) is 4.50. The van der Waals surface area contributed by atoms with Crippen molar-refractivity contribution in [1.82, 2.24) is 0 Å². The number of hydrogen-bond acceptors (Lipinski definition) is 4. The van der Waals surface area contributed by atoms with Crippen molar-refractivity contribution in [2.75, 3.05) is 0 Å². The molecule has 0 amide bonds. The SMILES string of the molecule is O=S(=O)([O-])[O-].[Cl-].[Mg+2].[Mn+2]. The molecule has 0 aromatic carbocycles. The van der Waals surface area contributed by atoms with Crippen molar-refractivity contribution in [2.24, 2.45) is 0 Å². The molecule has 4 nitrogen and oxygen atoms in total. The molecule has 1 radical (unpaired) electrons. The van der Waals surface area contributed by atoms with Crippen molar-refractivity contribution in [3.8, 4) is 0 Å². The van der Waals surface area contributed by atoms with Gasteiger partial charge in [-0.15, -0.1) is 0 Å². The van der Waals surface area contributed by atoms with E-state index in [9.17, 15) is 0 Å². The molecule has 0 spiro atoms. The first-order valence-electron chi connectivity index (χ1n) is 0.667. The van der Waals surface area contributed by atoms with E-state index in [0.29, 0.717) is 0 Å². The molecule has 0 aliphatic carbocycles. The van der Waals surface area contributed by atoms with Gasteiger partial charge < -0.3 is 21.5 Å². The summed E-state index contributed by atoms with van der Waals surface area (Å²) >= 11 is 0. The average molecular weight is 211 g/mol. The van der Waals surface area contributed by atoms with Crippen molar-refractivity contribution in [2.45, 2.75) is 0 Å². The second kappa shape index (κ2) is 8.45. The van der Waals surface area contributed by atoms with E-state index in [2.05, 4.69) is 0 Å². The van der Waals surface area contributed by atoms with Crippen LogP contribution >= 0.6 is 0 Å². The fourth-order valence-electron chi connectivity index (χ4n) is 0. The minimum Gasteiger partial charge on any atom is -1.00 e. The van der Waals surface area contributed by atoms with Gasteiger partial charge in [0.2, 0.25) is 0 Å². The molecule has 0 N–H and O–H groups in total. The summed E-state index contributed by atoms with van der Waals surface area (Å²) in [6, 6.07) is 0. The molecule has 8 heavy (non-hydrogen) atoms. The van der Waals surface area contributed by atoms with Crippen molar-refractivity contribution < 1.29 is 47.0 Å². The maximum Gasteiger partial charge on any atom is 2.00 e. The third-order valence-electron chi connectivity index (χ3n) is 0. The molecule has 0 atom stereocenters. The summed E-state index contributed by atoms with van der Waals surface area (Å²) in [5, 5.41) is 0. The summed E-state index contributed by atoms with van der Waals surface area (Å²) in [5.41, 5.74) is 0. The molecule has 0 aliphatic rings. The van der Waals surface area contributed by atoms with Crippen molar-refractivity contribution in [3.05, 3.63) is 0 Å². The van der Waals surface area contributed by atoms with Gasteiger partial charge in [-0.2, -0.15) is 0 Å². The Balaban J connectivity index is -0.0000000267. The third-order valence-corrected chi connectivity index (χ3v) is 0. The Morgan fingerprint density at radius 3 is 1.12 bits per heavy atom. The van der Waals surface area contributed by atoms with E-state index in [1.807, 2.05) is 0 Å². The van der Waals surface area contributed by atoms with Gasteiger partial charge in [0.1, 0.15) is 0 Å². The fraction of sp³-hybridized carbons (Fsp3) is 0. The molecular formula is ClMgMnO4S+. The van der Waals surface area contributed by atoms with Gasteiger partial charge in [0.15, 0.2) is 0 Å². The van der Waals surface area contributed by atoms with Crippen molar-refractivity contribution in [1.29, 1.82) is 0 Å². The zero-order valence-electron chi connectivity index (χ0n) is 3.50. The van der Waals surface area contributed by atoms with Crippen LogP contribution in [0.2, 0.25) is 0 Å². The van der Waals surface area contributed by atoms with Crippen molar-refractivity contribution in [3.63, 3.8) is 0 Å². The van der Waals surface area contributed by atoms with E-state index in [0.717, 1.165) is 0 Å². The molecule has 0 bridgehead atoms. The minimum absolute atomic E-state index is 0. The molecule has 0 unspecified atom stereocenters. The Bertz CT molecular complexity index is 99.2. The van der Waals surface area contributed by atoms with E-state index in [-0.39, 0.29) is 52.5 Å². The van der Waals surface area contributed by atoms with Gasteiger partial charge in [0.25, 0.3) is 0 Å².